The van der Waals surface area contributed by atoms with Crippen molar-refractivity contribution < 1.29 is 13.5 Å². The number of likely N-dealkylation sites (N-methyl/N-ethyl adjacent to an activating group) is 1. The Morgan fingerprint density at radius 1 is 1.31 bits per heavy atom. The average Bonchev–Trinajstić information content (AvgIpc) is 2.79. The zero-order valence-electron chi connectivity index (χ0n) is 17.6. The molecular formula is C23H25N5O3S. The average molecular weight is 452 g/mol. The third kappa shape index (κ3) is 4.70. The molecule has 5 N–H and O–H groups in total. The number of allylic oxidation sites excluding steroid dienone is 4. The van der Waals surface area contributed by atoms with Crippen LogP contribution in [0.25, 0.3) is 22.0 Å². The quantitative estimate of drug-likeness (QED) is 0.356. The molecule has 1 aliphatic heterocycles. The van der Waals surface area contributed by atoms with Gasteiger partial charge in [-0.25, -0.2) is 8.42 Å². The van der Waals surface area contributed by atoms with Gasteiger partial charge in [0.05, 0.1) is 12.1 Å². The van der Waals surface area contributed by atoms with Gasteiger partial charge in [0.25, 0.3) is 0 Å². The van der Waals surface area contributed by atoms with Crippen LogP contribution in [0.4, 0.5) is 0 Å². The van der Waals surface area contributed by atoms with Crippen LogP contribution < -0.4 is 21.5 Å². The van der Waals surface area contributed by atoms with E-state index >= 15 is 0 Å². The molecule has 1 aliphatic rings. The molecule has 9 heteroatoms. The molecule has 0 radical (unpaired) electrons. The zero-order chi connectivity index (χ0) is 23.3. The number of rotatable bonds is 7. The number of hydrogen-bond donors (Lipinski definition) is 4. The van der Waals surface area contributed by atoms with Crippen molar-refractivity contribution in [3.05, 3.63) is 89.1 Å². The summed E-state index contributed by atoms with van der Waals surface area (Å²) in [5.74, 6) is -0.599. The normalized spacial score (nSPS) is 15.1. The van der Waals surface area contributed by atoms with E-state index in [-0.39, 0.29) is 18.1 Å². The molecule has 0 amide bonds. The van der Waals surface area contributed by atoms with Gasteiger partial charge in [0.1, 0.15) is 10.7 Å². The van der Waals surface area contributed by atoms with Gasteiger partial charge in [-0.3, -0.25) is 10.4 Å². The molecule has 0 bridgehead atoms. The van der Waals surface area contributed by atoms with Crippen molar-refractivity contribution in [3.63, 3.8) is 0 Å². The third-order valence-electron chi connectivity index (χ3n) is 4.98. The zero-order valence-corrected chi connectivity index (χ0v) is 18.4. The lowest BCUT2D eigenvalue weighted by atomic mass is 10.0. The maximum Gasteiger partial charge on any atom is 0.246 e. The molecule has 0 saturated carbocycles. The number of aliphatic hydroxyl groups is 1. The number of aromatic nitrogens is 1. The van der Waals surface area contributed by atoms with Gasteiger partial charge < -0.3 is 16.2 Å². The van der Waals surface area contributed by atoms with E-state index in [1.807, 2.05) is 48.8 Å². The highest BCUT2D eigenvalue weighted by molar-refractivity contribution is 7.94. The van der Waals surface area contributed by atoms with Crippen LogP contribution in [-0.2, 0) is 10.0 Å². The van der Waals surface area contributed by atoms with Crippen molar-refractivity contribution in [1.82, 2.24) is 14.6 Å². The highest BCUT2D eigenvalue weighted by atomic mass is 32.2. The Kier molecular flexibility index (Phi) is 7.04. The van der Waals surface area contributed by atoms with E-state index in [1.165, 1.54) is 19.2 Å². The SMILES string of the molecule is C=CC(C=C(C(=N)N)S(=O)(=O)N(C)CCO)=c1ccc2nccc(=C3C=CNC=C3)c2c1. The summed E-state index contributed by atoms with van der Waals surface area (Å²) in [7, 11) is -2.75. The van der Waals surface area contributed by atoms with Crippen molar-refractivity contribution >= 4 is 37.9 Å². The predicted molar refractivity (Wildman–Crippen MR) is 128 cm³/mol. The van der Waals surface area contributed by atoms with Gasteiger partial charge in [-0.2, -0.15) is 4.31 Å². The number of dihydropyridines is 1. The van der Waals surface area contributed by atoms with Gasteiger partial charge in [0, 0.05) is 37.6 Å². The van der Waals surface area contributed by atoms with Crippen LogP contribution in [0.5, 0.6) is 0 Å². The number of sulfonamides is 1. The summed E-state index contributed by atoms with van der Waals surface area (Å²) in [5.41, 5.74) is 7.88. The highest BCUT2D eigenvalue weighted by Crippen LogP contribution is 2.16. The first-order valence-corrected chi connectivity index (χ1v) is 11.2. The summed E-state index contributed by atoms with van der Waals surface area (Å²) < 4.78 is 26.7. The van der Waals surface area contributed by atoms with Gasteiger partial charge in [-0.1, -0.05) is 18.7 Å². The summed E-state index contributed by atoms with van der Waals surface area (Å²) in [6.07, 6.45) is 12.2. The standard InChI is InChI=1S/C23H25N5O3S/c1-3-16(15-22(23(24)25)32(30,31)28(2)12-13-29)18-4-5-21-20(14-18)19(8-11-27-21)17-6-9-26-10-7-17/h3-11,14-15,26,29H,1,12-13H2,2H3,(H3,24,25). The van der Waals surface area contributed by atoms with Crippen LogP contribution in [0, 0.1) is 5.41 Å². The van der Waals surface area contributed by atoms with Crippen molar-refractivity contribution in [3.8, 4) is 0 Å². The van der Waals surface area contributed by atoms with Crippen molar-refractivity contribution in [1.29, 1.82) is 5.41 Å². The third-order valence-corrected chi connectivity index (χ3v) is 6.88. The molecule has 1 aromatic carbocycles. The number of nitrogens with zero attached hydrogens (tertiary/aromatic N) is 2. The van der Waals surface area contributed by atoms with E-state index in [0.717, 1.165) is 26.0 Å². The second kappa shape index (κ2) is 9.73. The number of amidine groups is 1. The largest absolute Gasteiger partial charge is 0.395 e. The van der Waals surface area contributed by atoms with Crippen LogP contribution in [0.15, 0.2) is 78.7 Å². The maximum atomic E-state index is 12.9. The maximum absolute atomic E-state index is 12.9. The van der Waals surface area contributed by atoms with Gasteiger partial charge in [-0.05, 0) is 58.0 Å². The minimum atomic E-state index is -4.07. The number of aliphatic hydroxyl groups excluding tert-OH is 1. The number of hydrogen-bond acceptors (Lipinski definition) is 6. The van der Waals surface area contributed by atoms with E-state index in [2.05, 4.69) is 16.9 Å². The molecule has 0 spiro atoms. The summed E-state index contributed by atoms with van der Waals surface area (Å²) >= 11 is 0. The summed E-state index contributed by atoms with van der Waals surface area (Å²) in [6, 6.07) is 7.48. The fraction of sp³-hybridized carbons (Fsp3) is 0.130. The monoisotopic (exact) mass is 451 g/mol. The van der Waals surface area contributed by atoms with E-state index < -0.39 is 15.9 Å². The van der Waals surface area contributed by atoms with Crippen molar-refractivity contribution in [2.45, 2.75) is 0 Å². The van der Waals surface area contributed by atoms with E-state index in [4.69, 9.17) is 16.2 Å². The first-order chi connectivity index (χ1) is 15.3. The summed E-state index contributed by atoms with van der Waals surface area (Å²) in [5, 5.41) is 22.5. The first-order valence-electron chi connectivity index (χ1n) is 9.78. The van der Waals surface area contributed by atoms with Crippen LogP contribution in [0.2, 0.25) is 0 Å². The molecule has 0 fully saturated rings. The Morgan fingerprint density at radius 3 is 2.66 bits per heavy atom. The molecular weight excluding hydrogens is 426 g/mol. The van der Waals surface area contributed by atoms with Gasteiger partial charge in [-0.15, -0.1) is 0 Å². The van der Waals surface area contributed by atoms with Crippen LogP contribution in [-0.4, -0.2) is 48.8 Å². The second-order valence-corrected chi connectivity index (χ2v) is 9.02. The van der Waals surface area contributed by atoms with Crippen LogP contribution in [0.3, 0.4) is 0 Å². The lowest BCUT2D eigenvalue weighted by molar-refractivity contribution is 0.267. The second-order valence-electron chi connectivity index (χ2n) is 7.01. The van der Waals surface area contributed by atoms with Gasteiger partial charge in [0.2, 0.25) is 10.0 Å². The molecule has 2 aromatic rings. The van der Waals surface area contributed by atoms with Crippen molar-refractivity contribution in [2.24, 2.45) is 5.73 Å². The molecule has 32 heavy (non-hydrogen) atoms. The number of pyridine rings is 1. The van der Waals surface area contributed by atoms with Crippen LogP contribution >= 0.6 is 0 Å². The Morgan fingerprint density at radius 2 is 2.03 bits per heavy atom. The number of benzene rings is 1. The highest BCUT2D eigenvalue weighted by Gasteiger charge is 2.25. The fourth-order valence-corrected chi connectivity index (χ4v) is 4.48. The number of nitrogens with one attached hydrogen (secondary N) is 2. The number of fused-ring (bicyclic) bond motifs is 1. The summed E-state index contributed by atoms with van der Waals surface area (Å²) in [4.78, 5) is 4.06. The van der Waals surface area contributed by atoms with E-state index in [1.54, 1.807) is 6.20 Å². The minimum absolute atomic E-state index is 0.115. The molecule has 2 heterocycles. The molecule has 0 aliphatic carbocycles. The van der Waals surface area contributed by atoms with Crippen LogP contribution in [0.1, 0.15) is 0 Å². The molecule has 1 aromatic heterocycles. The molecule has 0 saturated heterocycles. The first kappa shape index (κ1) is 23.1. The Hall–Kier alpha value is -3.53. The fourth-order valence-electron chi connectivity index (χ4n) is 3.27. The molecule has 3 rings (SSSR count). The van der Waals surface area contributed by atoms with E-state index in [9.17, 15) is 8.42 Å². The van der Waals surface area contributed by atoms with Crippen molar-refractivity contribution in [2.75, 3.05) is 20.2 Å². The summed E-state index contributed by atoms with van der Waals surface area (Å²) in [6.45, 7) is 3.35. The minimum Gasteiger partial charge on any atom is -0.395 e. The number of nitrogens with two attached hydrogens (primary N) is 1. The van der Waals surface area contributed by atoms with Gasteiger partial charge in [0.15, 0.2) is 0 Å². The molecule has 0 atom stereocenters. The Labute approximate surface area is 186 Å². The topological polar surface area (TPSA) is 132 Å². The molecule has 166 valence electrons. The van der Waals surface area contributed by atoms with E-state index in [0.29, 0.717) is 10.8 Å². The lowest BCUT2D eigenvalue weighted by Gasteiger charge is -2.17. The molecule has 8 nitrogen and oxygen atoms in total. The smallest absolute Gasteiger partial charge is 0.246 e. The molecule has 0 unspecified atom stereocenters. The van der Waals surface area contributed by atoms with Gasteiger partial charge >= 0.3 is 0 Å². The Balaban J connectivity index is 2.31. The predicted octanol–water partition coefficient (Wildman–Crippen LogP) is 0.427. The lowest BCUT2D eigenvalue weighted by Crippen LogP contribution is -2.35. The Bertz CT molecular complexity index is 1370.